The standard InChI is InChI=1S/C29H27N3O5S/c1-3-36-28(35)26-18(2)30-29(38-26)32(16-19-10-5-4-6-11-19)24(33)17-37-27(34)25-20-12-7-8-14-22(20)31-23-15-9-13-21(23)25/h4-8,10-12,14H,3,9,13,15-17H2,1-2H3. The van der Waals surface area contributed by atoms with Gasteiger partial charge in [0, 0.05) is 11.1 Å². The van der Waals surface area contributed by atoms with Gasteiger partial charge in [-0.1, -0.05) is 59.9 Å². The minimum Gasteiger partial charge on any atom is -0.462 e. The number of anilines is 1. The van der Waals surface area contributed by atoms with Crippen molar-refractivity contribution in [2.45, 2.75) is 39.7 Å². The lowest BCUT2D eigenvalue weighted by atomic mass is 10.0. The van der Waals surface area contributed by atoms with Crippen LogP contribution in [0.5, 0.6) is 0 Å². The Morgan fingerprint density at radius 2 is 1.71 bits per heavy atom. The Bertz CT molecular complexity index is 1520. The van der Waals surface area contributed by atoms with Crippen LogP contribution in [-0.2, 0) is 33.7 Å². The van der Waals surface area contributed by atoms with Gasteiger partial charge >= 0.3 is 11.9 Å². The van der Waals surface area contributed by atoms with Gasteiger partial charge in [-0.05, 0) is 50.3 Å². The summed E-state index contributed by atoms with van der Waals surface area (Å²) in [6.45, 7) is 3.41. The average Bonchev–Trinajstić information content (AvgIpc) is 3.55. The van der Waals surface area contributed by atoms with Gasteiger partial charge in [-0.2, -0.15) is 0 Å². The highest BCUT2D eigenvalue weighted by Gasteiger charge is 2.28. The Balaban J connectivity index is 1.41. The van der Waals surface area contributed by atoms with Crippen LogP contribution in [0.2, 0.25) is 0 Å². The number of esters is 2. The molecule has 5 rings (SSSR count). The average molecular weight is 530 g/mol. The van der Waals surface area contributed by atoms with Gasteiger partial charge < -0.3 is 9.47 Å². The number of nitrogens with zero attached hydrogens (tertiary/aromatic N) is 3. The summed E-state index contributed by atoms with van der Waals surface area (Å²) in [5.41, 5.74) is 4.39. The van der Waals surface area contributed by atoms with Crippen LogP contribution in [-0.4, -0.2) is 41.0 Å². The number of hydrogen-bond donors (Lipinski definition) is 0. The summed E-state index contributed by atoms with van der Waals surface area (Å²) in [6, 6.07) is 16.9. The fourth-order valence-electron chi connectivity index (χ4n) is 4.63. The normalized spacial score (nSPS) is 12.3. The quantitative estimate of drug-likeness (QED) is 0.294. The molecule has 2 aromatic heterocycles. The number of rotatable bonds is 8. The van der Waals surface area contributed by atoms with Gasteiger partial charge in [0.15, 0.2) is 11.7 Å². The Hall–Kier alpha value is -4.11. The fraction of sp³-hybridized carbons (Fsp3) is 0.276. The van der Waals surface area contributed by atoms with Crippen LogP contribution in [0.15, 0.2) is 54.6 Å². The Morgan fingerprint density at radius 3 is 2.50 bits per heavy atom. The molecule has 0 fully saturated rings. The molecule has 0 saturated heterocycles. The van der Waals surface area contributed by atoms with Crippen molar-refractivity contribution in [3.05, 3.63) is 87.6 Å². The van der Waals surface area contributed by atoms with Crippen LogP contribution in [0.3, 0.4) is 0 Å². The first kappa shape index (κ1) is 25.5. The number of amides is 1. The minimum atomic E-state index is -0.544. The highest BCUT2D eigenvalue weighted by atomic mass is 32.1. The second-order valence-electron chi connectivity index (χ2n) is 8.96. The van der Waals surface area contributed by atoms with Crippen molar-refractivity contribution in [1.82, 2.24) is 9.97 Å². The monoisotopic (exact) mass is 529 g/mol. The summed E-state index contributed by atoms with van der Waals surface area (Å²) in [5.74, 6) is -1.47. The zero-order valence-corrected chi connectivity index (χ0v) is 22.0. The molecule has 38 heavy (non-hydrogen) atoms. The third kappa shape index (κ3) is 5.15. The first-order valence-corrected chi connectivity index (χ1v) is 13.3. The van der Waals surface area contributed by atoms with Crippen molar-refractivity contribution in [1.29, 1.82) is 0 Å². The number of carbonyl (C=O) groups excluding carboxylic acids is 3. The lowest BCUT2D eigenvalue weighted by molar-refractivity contribution is -0.121. The number of aryl methyl sites for hydroxylation is 2. The SMILES string of the molecule is CCOC(=O)c1sc(N(Cc2ccccc2)C(=O)COC(=O)c2c3c(nc4ccccc24)CCC3)nc1C. The smallest absolute Gasteiger partial charge is 0.350 e. The number of hydrogen-bond acceptors (Lipinski definition) is 8. The lowest BCUT2D eigenvalue weighted by Crippen LogP contribution is -2.34. The molecule has 2 heterocycles. The Morgan fingerprint density at radius 1 is 0.947 bits per heavy atom. The Labute approximate surface area is 224 Å². The summed E-state index contributed by atoms with van der Waals surface area (Å²) in [5, 5.41) is 1.06. The lowest BCUT2D eigenvalue weighted by Gasteiger charge is -2.20. The van der Waals surface area contributed by atoms with Crippen LogP contribution < -0.4 is 4.90 Å². The summed E-state index contributed by atoms with van der Waals surface area (Å²) < 4.78 is 10.7. The molecule has 0 atom stereocenters. The molecule has 9 heteroatoms. The van der Waals surface area contributed by atoms with E-state index in [0.717, 1.165) is 58.3 Å². The van der Waals surface area contributed by atoms with E-state index in [1.807, 2.05) is 54.6 Å². The third-order valence-electron chi connectivity index (χ3n) is 6.41. The van der Waals surface area contributed by atoms with Gasteiger partial charge in [0.2, 0.25) is 0 Å². The highest BCUT2D eigenvalue weighted by molar-refractivity contribution is 7.17. The minimum absolute atomic E-state index is 0.208. The summed E-state index contributed by atoms with van der Waals surface area (Å²) >= 11 is 1.08. The number of thiazole rings is 1. The molecule has 1 amide bonds. The number of pyridine rings is 1. The second kappa shape index (κ2) is 11.1. The predicted octanol–water partition coefficient (Wildman–Crippen LogP) is 5.06. The maximum atomic E-state index is 13.5. The molecular formula is C29H27N3O5S. The molecule has 4 aromatic rings. The topological polar surface area (TPSA) is 98.7 Å². The molecule has 0 aliphatic heterocycles. The maximum Gasteiger partial charge on any atom is 0.350 e. The molecule has 1 aliphatic carbocycles. The second-order valence-corrected chi connectivity index (χ2v) is 9.93. The van der Waals surface area contributed by atoms with Gasteiger partial charge in [0.25, 0.3) is 5.91 Å². The van der Waals surface area contributed by atoms with Crippen molar-refractivity contribution in [2.24, 2.45) is 0 Å². The number of para-hydroxylation sites is 1. The van der Waals surface area contributed by atoms with E-state index in [0.29, 0.717) is 21.3 Å². The van der Waals surface area contributed by atoms with Crippen LogP contribution in [0.1, 0.15) is 55.9 Å². The number of ether oxygens (including phenoxy) is 2. The van der Waals surface area contributed by atoms with Crippen molar-refractivity contribution < 1.29 is 23.9 Å². The molecule has 1 aliphatic rings. The van der Waals surface area contributed by atoms with Gasteiger partial charge in [0.1, 0.15) is 4.88 Å². The van der Waals surface area contributed by atoms with Crippen LogP contribution in [0.4, 0.5) is 5.13 Å². The van der Waals surface area contributed by atoms with Gasteiger partial charge in [-0.3, -0.25) is 14.7 Å². The van der Waals surface area contributed by atoms with Crippen molar-refractivity contribution in [2.75, 3.05) is 18.1 Å². The van der Waals surface area contributed by atoms with Crippen molar-refractivity contribution >= 4 is 45.2 Å². The molecule has 0 saturated carbocycles. The van der Waals surface area contributed by atoms with Gasteiger partial charge in [-0.15, -0.1) is 0 Å². The Kier molecular flexibility index (Phi) is 7.46. The van der Waals surface area contributed by atoms with E-state index >= 15 is 0 Å². The number of fused-ring (bicyclic) bond motifs is 2. The van der Waals surface area contributed by atoms with Crippen molar-refractivity contribution in [3.63, 3.8) is 0 Å². The summed E-state index contributed by atoms with van der Waals surface area (Å²) in [7, 11) is 0. The fourth-order valence-corrected chi connectivity index (χ4v) is 5.61. The first-order chi connectivity index (χ1) is 18.5. The van der Waals surface area contributed by atoms with E-state index < -0.39 is 24.5 Å². The third-order valence-corrected chi connectivity index (χ3v) is 7.57. The highest BCUT2D eigenvalue weighted by Crippen LogP contribution is 2.31. The molecular weight excluding hydrogens is 502 g/mol. The largest absolute Gasteiger partial charge is 0.462 e. The van der Waals surface area contributed by atoms with Crippen LogP contribution >= 0.6 is 11.3 Å². The zero-order valence-electron chi connectivity index (χ0n) is 21.2. The number of aromatic nitrogens is 2. The molecule has 0 bridgehead atoms. The molecule has 0 spiro atoms. The zero-order chi connectivity index (χ0) is 26.6. The molecule has 194 valence electrons. The van der Waals surface area contributed by atoms with E-state index in [-0.39, 0.29) is 13.2 Å². The molecule has 0 radical (unpaired) electrons. The van der Waals surface area contributed by atoms with E-state index in [1.54, 1.807) is 13.8 Å². The maximum absolute atomic E-state index is 13.5. The molecule has 0 N–H and O–H groups in total. The van der Waals surface area contributed by atoms with E-state index in [1.165, 1.54) is 4.90 Å². The van der Waals surface area contributed by atoms with E-state index in [4.69, 9.17) is 14.5 Å². The van der Waals surface area contributed by atoms with Gasteiger partial charge in [-0.25, -0.2) is 14.6 Å². The van der Waals surface area contributed by atoms with Crippen LogP contribution in [0.25, 0.3) is 10.9 Å². The summed E-state index contributed by atoms with van der Waals surface area (Å²) in [4.78, 5) is 50.2. The first-order valence-electron chi connectivity index (χ1n) is 12.5. The van der Waals surface area contributed by atoms with E-state index in [2.05, 4.69) is 4.98 Å². The number of carbonyl (C=O) groups is 3. The van der Waals surface area contributed by atoms with Crippen molar-refractivity contribution in [3.8, 4) is 0 Å². The predicted molar refractivity (Wildman–Crippen MR) is 144 cm³/mol. The molecule has 0 unspecified atom stereocenters. The van der Waals surface area contributed by atoms with E-state index in [9.17, 15) is 14.4 Å². The molecule has 8 nitrogen and oxygen atoms in total. The summed E-state index contributed by atoms with van der Waals surface area (Å²) in [6.07, 6.45) is 2.49. The molecule has 2 aromatic carbocycles. The number of benzene rings is 2. The van der Waals surface area contributed by atoms with Crippen LogP contribution in [0, 0.1) is 6.92 Å². The van der Waals surface area contributed by atoms with Gasteiger partial charge in [0.05, 0.1) is 29.9 Å².